The highest BCUT2D eigenvalue weighted by Crippen LogP contribution is 2.16. The summed E-state index contributed by atoms with van der Waals surface area (Å²) in [6, 6.07) is 0. The van der Waals surface area contributed by atoms with Crippen LogP contribution in [0.5, 0.6) is 0 Å². The average Bonchev–Trinajstić information content (AvgIpc) is 2.44. The van der Waals surface area contributed by atoms with E-state index in [2.05, 4.69) is 10.1 Å². The molecule has 0 aromatic carbocycles. The van der Waals surface area contributed by atoms with Crippen molar-refractivity contribution in [1.29, 1.82) is 0 Å². The summed E-state index contributed by atoms with van der Waals surface area (Å²) in [6.45, 7) is 3.23. The second-order valence-electron chi connectivity index (χ2n) is 3.91. The minimum absolute atomic E-state index is 0.467. The molecule has 2 N–H and O–H groups in total. The normalized spacial score (nSPS) is 19.4. The lowest BCUT2D eigenvalue weighted by Gasteiger charge is -2.18. The van der Waals surface area contributed by atoms with Crippen LogP contribution in [0.25, 0.3) is 0 Å². The van der Waals surface area contributed by atoms with Crippen molar-refractivity contribution in [1.82, 2.24) is 10.1 Å². The number of likely N-dealkylation sites (tertiary alicyclic amines) is 1. The van der Waals surface area contributed by atoms with Crippen LogP contribution in [0, 0.1) is 0 Å². The van der Waals surface area contributed by atoms with Gasteiger partial charge in [0.1, 0.15) is 0 Å². The first kappa shape index (κ1) is 9.52. The zero-order chi connectivity index (χ0) is 9.80. The third-order valence-electron chi connectivity index (χ3n) is 2.77. The lowest BCUT2D eigenvalue weighted by Crippen LogP contribution is -2.24. The Morgan fingerprint density at radius 1 is 1.29 bits per heavy atom. The molecule has 1 fully saturated rings. The molecule has 0 saturated carbocycles. The summed E-state index contributed by atoms with van der Waals surface area (Å²) in [6.07, 6.45) is 7.03. The first-order valence-electron chi connectivity index (χ1n) is 5.27. The predicted octanol–water partition coefficient (Wildman–Crippen LogP) is 1.63. The van der Waals surface area contributed by atoms with Crippen LogP contribution in [0.15, 0.2) is 10.7 Å². The van der Waals surface area contributed by atoms with Gasteiger partial charge in [-0.25, -0.2) is 0 Å². The summed E-state index contributed by atoms with van der Waals surface area (Å²) >= 11 is 0. The molecule has 14 heavy (non-hydrogen) atoms. The van der Waals surface area contributed by atoms with E-state index in [0.717, 1.165) is 12.1 Å². The molecule has 4 heteroatoms. The van der Waals surface area contributed by atoms with Crippen LogP contribution in [0.3, 0.4) is 0 Å². The quantitative estimate of drug-likeness (QED) is 0.779. The van der Waals surface area contributed by atoms with Crippen LogP contribution in [0.1, 0.15) is 31.2 Å². The van der Waals surface area contributed by atoms with Crippen LogP contribution in [-0.4, -0.2) is 23.1 Å². The van der Waals surface area contributed by atoms with E-state index in [1.165, 1.54) is 38.8 Å². The van der Waals surface area contributed by atoms with Crippen LogP contribution >= 0.6 is 0 Å². The van der Waals surface area contributed by atoms with Gasteiger partial charge in [-0.05, 0) is 25.9 Å². The Balaban J connectivity index is 1.92. The molecule has 1 aliphatic rings. The third-order valence-corrected chi connectivity index (χ3v) is 2.77. The molecule has 1 saturated heterocycles. The number of nitrogens with two attached hydrogens (primary N) is 1. The van der Waals surface area contributed by atoms with Crippen molar-refractivity contribution in [2.75, 3.05) is 18.8 Å². The SMILES string of the molecule is Nc1oncc1CN1CCCCCC1. The Hall–Kier alpha value is -1.03. The average molecular weight is 195 g/mol. The molecule has 1 aromatic heterocycles. The summed E-state index contributed by atoms with van der Waals surface area (Å²) in [5, 5.41) is 3.68. The first-order valence-corrected chi connectivity index (χ1v) is 5.27. The number of nitrogen functional groups attached to an aromatic ring is 1. The molecule has 1 aliphatic heterocycles. The maximum absolute atomic E-state index is 5.64. The van der Waals surface area contributed by atoms with Crippen molar-refractivity contribution in [3.8, 4) is 0 Å². The zero-order valence-electron chi connectivity index (χ0n) is 8.41. The fourth-order valence-electron chi connectivity index (χ4n) is 1.92. The van der Waals surface area contributed by atoms with Gasteiger partial charge in [-0.2, -0.15) is 0 Å². The summed E-state index contributed by atoms with van der Waals surface area (Å²) in [4.78, 5) is 2.43. The highest BCUT2D eigenvalue weighted by atomic mass is 16.5. The largest absolute Gasteiger partial charge is 0.367 e. The van der Waals surface area contributed by atoms with Gasteiger partial charge in [0.25, 0.3) is 0 Å². The topological polar surface area (TPSA) is 55.3 Å². The molecular formula is C10H17N3O. The van der Waals surface area contributed by atoms with E-state index >= 15 is 0 Å². The molecule has 2 rings (SSSR count). The Morgan fingerprint density at radius 2 is 2.00 bits per heavy atom. The van der Waals surface area contributed by atoms with Crippen molar-refractivity contribution in [2.24, 2.45) is 0 Å². The molecule has 0 bridgehead atoms. The van der Waals surface area contributed by atoms with Gasteiger partial charge in [-0.15, -0.1) is 0 Å². The van der Waals surface area contributed by atoms with E-state index in [1.54, 1.807) is 6.20 Å². The smallest absolute Gasteiger partial charge is 0.226 e. The van der Waals surface area contributed by atoms with Gasteiger partial charge >= 0.3 is 0 Å². The van der Waals surface area contributed by atoms with E-state index in [-0.39, 0.29) is 0 Å². The Labute approximate surface area is 84.0 Å². The van der Waals surface area contributed by atoms with Crippen molar-refractivity contribution in [2.45, 2.75) is 32.2 Å². The molecule has 2 heterocycles. The van der Waals surface area contributed by atoms with Gasteiger partial charge in [-0.3, -0.25) is 4.90 Å². The van der Waals surface area contributed by atoms with E-state index in [0.29, 0.717) is 5.88 Å². The standard InChI is InChI=1S/C10H17N3O/c11-10-9(7-12-14-10)8-13-5-3-1-2-4-6-13/h7H,1-6,8,11H2. The van der Waals surface area contributed by atoms with Crippen molar-refractivity contribution in [3.63, 3.8) is 0 Å². The van der Waals surface area contributed by atoms with Crippen molar-refractivity contribution in [3.05, 3.63) is 11.8 Å². The molecule has 78 valence electrons. The molecule has 0 atom stereocenters. The summed E-state index contributed by atoms with van der Waals surface area (Å²) in [7, 11) is 0. The van der Waals surface area contributed by atoms with Crippen LogP contribution in [-0.2, 0) is 6.54 Å². The van der Waals surface area contributed by atoms with Crippen LogP contribution in [0.2, 0.25) is 0 Å². The number of hydrogen-bond donors (Lipinski definition) is 1. The van der Waals surface area contributed by atoms with E-state index in [9.17, 15) is 0 Å². The van der Waals surface area contributed by atoms with Gasteiger partial charge in [0.05, 0.1) is 11.8 Å². The maximum atomic E-state index is 5.64. The number of nitrogens with zero attached hydrogens (tertiary/aromatic N) is 2. The predicted molar refractivity (Wildman–Crippen MR) is 54.7 cm³/mol. The number of aromatic nitrogens is 1. The molecule has 0 spiro atoms. The van der Waals surface area contributed by atoms with Crippen molar-refractivity contribution < 1.29 is 4.52 Å². The summed E-state index contributed by atoms with van der Waals surface area (Å²) in [5.41, 5.74) is 6.66. The van der Waals surface area contributed by atoms with Gasteiger partial charge in [-0.1, -0.05) is 18.0 Å². The lowest BCUT2D eigenvalue weighted by atomic mass is 10.2. The van der Waals surface area contributed by atoms with E-state index in [4.69, 9.17) is 10.3 Å². The highest BCUT2D eigenvalue weighted by Gasteiger charge is 2.12. The van der Waals surface area contributed by atoms with Gasteiger partial charge in [0.15, 0.2) is 0 Å². The van der Waals surface area contributed by atoms with Gasteiger partial charge < -0.3 is 10.3 Å². The Kier molecular flexibility index (Phi) is 3.03. The second-order valence-corrected chi connectivity index (χ2v) is 3.91. The maximum Gasteiger partial charge on any atom is 0.226 e. The Morgan fingerprint density at radius 3 is 2.57 bits per heavy atom. The van der Waals surface area contributed by atoms with Crippen LogP contribution < -0.4 is 5.73 Å². The first-order chi connectivity index (χ1) is 6.86. The third kappa shape index (κ3) is 2.26. The molecule has 4 nitrogen and oxygen atoms in total. The molecule has 0 aliphatic carbocycles. The second kappa shape index (κ2) is 4.46. The molecular weight excluding hydrogens is 178 g/mol. The number of anilines is 1. The Bertz CT molecular complexity index is 277. The molecule has 0 unspecified atom stereocenters. The fraction of sp³-hybridized carbons (Fsp3) is 0.700. The minimum atomic E-state index is 0.467. The molecule has 0 radical (unpaired) electrons. The number of rotatable bonds is 2. The summed E-state index contributed by atoms with van der Waals surface area (Å²) in [5.74, 6) is 0.467. The highest BCUT2D eigenvalue weighted by molar-refractivity contribution is 5.32. The van der Waals surface area contributed by atoms with Gasteiger partial charge in [0.2, 0.25) is 5.88 Å². The monoisotopic (exact) mass is 195 g/mol. The minimum Gasteiger partial charge on any atom is -0.367 e. The van der Waals surface area contributed by atoms with Crippen molar-refractivity contribution >= 4 is 5.88 Å². The fourth-order valence-corrected chi connectivity index (χ4v) is 1.92. The zero-order valence-corrected chi connectivity index (χ0v) is 8.41. The van der Waals surface area contributed by atoms with E-state index < -0.39 is 0 Å². The lowest BCUT2D eigenvalue weighted by molar-refractivity contribution is 0.277. The molecule has 0 amide bonds. The summed E-state index contributed by atoms with van der Waals surface area (Å²) < 4.78 is 4.84. The van der Waals surface area contributed by atoms with Crippen LogP contribution in [0.4, 0.5) is 5.88 Å². The number of hydrogen-bond acceptors (Lipinski definition) is 4. The van der Waals surface area contributed by atoms with Gasteiger partial charge in [0, 0.05) is 6.54 Å². The van der Waals surface area contributed by atoms with E-state index in [1.807, 2.05) is 0 Å². The molecule has 1 aromatic rings.